The van der Waals surface area contributed by atoms with E-state index in [4.69, 9.17) is 0 Å². The molecule has 2 saturated carbocycles. The van der Waals surface area contributed by atoms with Gasteiger partial charge in [-0.1, -0.05) is 42.9 Å². The van der Waals surface area contributed by atoms with Crippen LogP contribution in [0.15, 0.2) is 30.3 Å². The maximum Gasteiger partial charge on any atom is 0.142 e. The lowest BCUT2D eigenvalue weighted by atomic mass is 9.85. The smallest absolute Gasteiger partial charge is 0.142 e. The van der Waals surface area contributed by atoms with E-state index in [1.54, 1.807) is 0 Å². The average molecular weight is 400 g/mol. The first-order valence-corrected chi connectivity index (χ1v) is 10.8. The Morgan fingerprint density at radius 2 is 1.29 bits per heavy atom. The molecule has 0 bridgehead atoms. The van der Waals surface area contributed by atoms with Gasteiger partial charge in [-0.25, -0.2) is 0 Å². The fourth-order valence-corrected chi connectivity index (χ4v) is 5.13. The Morgan fingerprint density at radius 3 is 1.82 bits per heavy atom. The lowest BCUT2D eigenvalue weighted by Crippen LogP contribution is -3.00. The van der Waals surface area contributed by atoms with E-state index in [9.17, 15) is 5.11 Å². The van der Waals surface area contributed by atoms with Gasteiger partial charge in [0.25, 0.3) is 0 Å². The third-order valence-corrected chi connectivity index (χ3v) is 6.56. The largest absolute Gasteiger partial charge is 1.00 e. The highest BCUT2D eigenvalue weighted by atomic mass is 35.5. The minimum atomic E-state index is -0.0367. The summed E-state index contributed by atoms with van der Waals surface area (Å²) in [4.78, 5) is 0. The van der Waals surface area contributed by atoms with Crippen LogP contribution in [0.2, 0.25) is 0 Å². The van der Waals surface area contributed by atoms with Crippen molar-refractivity contribution in [1.82, 2.24) is 0 Å². The van der Waals surface area contributed by atoms with Crippen molar-refractivity contribution in [2.75, 3.05) is 19.7 Å². The Kier molecular flexibility index (Phi) is 9.94. The van der Waals surface area contributed by atoms with Crippen LogP contribution in [0.1, 0.15) is 69.8 Å². The van der Waals surface area contributed by atoms with Crippen LogP contribution in [0.4, 0.5) is 0 Å². The van der Waals surface area contributed by atoms with E-state index in [0.717, 1.165) is 23.1 Å². The second kappa shape index (κ2) is 12.2. The zero-order valence-corrected chi connectivity index (χ0v) is 17.8. The van der Waals surface area contributed by atoms with Crippen molar-refractivity contribution in [1.29, 1.82) is 0 Å². The lowest BCUT2D eigenvalue weighted by Gasteiger charge is -2.50. The van der Waals surface area contributed by atoms with Crippen LogP contribution >= 0.6 is 0 Å². The predicted molar refractivity (Wildman–Crippen MR) is 112 cm³/mol. The molecule has 28 heavy (non-hydrogen) atoms. The fraction of sp³-hybridized carbons (Fsp3) is 0.600. The number of aliphatic hydroxyl groups excluding tert-OH is 1. The van der Waals surface area contributed by atoms with Gasteiger partial charge in [-0.2, -0.15) is 0 Å². The van der Waals surface area contributed by atoms with Crippen molar-refractivity contribution in [2.45, 2.75) is 76.3 Å². The molecule has 3 rings (SSSR count). The Morgan fingerprint density at radius 1 is 0.750 bits per heavy atom. The summed E-state index contributed by atoms with van der Waals surface area (Å²) < 4.78 is 1.05. The molecule has 2 aliphatic carbocycles. The number of aliphatic hydroxyl groups is 1. The van der Waals surface area contributed by atoms with E-state index < -0.39 is 0 Å². The number of quaternary nitrogens is 1. The number of hydrogen-bond acceptors (Lipinski definition) is 1. The molecule has 2 aliphatic rings. The number of nitrogens with zero attached hydrogens (tertiary/aromatic N) is 1. The standard InChI is InChI=1S/C25H34NO.ClH/c27-22-11-10-20-26(24-16-6-2-7-17-24,25-18-8-3-9-19-25)21-12-15-23-13-4-1-5-14-23;/h1,4-5,13-14,24-25,27H,2-3,6-9,16-22H2;1H/q+1;/p-1. The highest BCUT2D eigenvalue weighted by Gasteiger charge is 2.43. The Labute approximate surface area is 177 Å². The number of benzene rings is 1. The minimum absolute atomic E-state index is 0. The molecule has 2 nitrogen and oxygen atoms in total. The summed E-state index contributed by atoms with van der Waals surface area (Å²) in [6.07, 6.45) is 13.4. The summed E-state index contributed by atoms with van der Waals surface area (Å²) >= 11 is 0. The molecular weight excluding hydrogens is 366 g/mol. The Bertz CT molecular complexity index is 664. The van der Waals surface area contributed by atoms with Crippen molar-refractivity contribution in [3.63, 3.8) is 0 Å². The SMILES string of the molecule is OCC#CC[N+](CC#Cc1ccccc1)(C1CCCCC1)C1CCCCC1.[Cl-]. The molecule has 0 spiro atoms. The van der Waals surface area contributed by atoms with Gasteiger partial charge >= 0.3 is 0 Å². The maximum absolute atomic E-state index is 9.20. The molecule has 3 heteroatoms. The first kappa shape index (κ1) is 22.8. The van der Waals surface area contributed by atoms with Gasteiger partial charge in [0.15, 0.2) is 0 Å². The second-order valence-electron chi connectivity index (χ2n) is 8.18. The van der Waals surface area contributed by atoms with Crippen molar-refractivity contribution >= 4 is 0 Å². The summed E-state index contributed by atoms with van der Waals surface area (Å²) in [5.74, 6) is 13.2. The Balaban J connectivity index is 0.00000280. The number of halogens is 1. The van der Waals surface area contributed by atoms with Crippen LogP contribution in [-0.2, 0) is 0 Å². The molecule has 0 amide bonds. The van der Waals surface area contributed by atoms with Gasteiger partial charge in [0, 0.05) is 5.56 Å². The normalized spacial score (nSPS) is 18.2. The highest BCUT2D eigenvalue weighted by molar-refractivity contribution is 5.33. The monoisotopic (exact) mass is 399 g/mol. The van der Waals surface area contributed by atoms with Crippen LogP contribution < -0.4 is 12.4 Å². The summed E-state index contributed by atoms with van der Waals surface area (Å²) in [6.45, 7) is 1.70. The zero-order chi connectivity index (χ0) is 18.8. The summed E-state index contributed by atoms with van der Waals surface area (Å²) in [5.41, 5.74) is 1.10. The van der Waals surface area contributed by atoms with Gasteiger partial charge in [0.1, 0.15) is 19.7 Å². The highest BCUT2D eigenvalue weighted by Crippen LogP contribution is 2.36. The first-order chi connectivity index (χ1) is 13.3. The zero-order valence-electron chi connectivity index (χ0n) is 17.0. The van der Waals surface area contributed by atoms with E-state index in [-0.39, 0.29) is 19.0 Å². The molecule has 0 atom stereocenters. The fourth-order valence-electron chi connectivity index (χ4n) is 5.13. The third-order valence-electron chi connectivity index (χ3n) is 6.56. The summed E-state index contributed by atoms with van der Waals surface area (Å²) in [6, 6.07) is 11.7. The second-order valence-corrected chi connectivity index (χ2v) is 8.18. The molecule has 2 fully saturated rings. The maximum atomic E-state index is 9.20. The van der Waals surface area contributed by atoms with Crippen molar-refractivity contribution < 1.29 is 22.0 Å². The number of hydrogen-bond donors (Lipinski definition) is 1. The predicted octanol–water partition coefficient (Wildman–Crippen LogP) is 1.52. The topological polar surface area (TPSA) is 20.2 Å². The number of rotatable bonds is 4. The Hall–Kier alpha value is -1.45. The van der Waals surface area contributed by atoms with E-state index >= 15 is 0 Å². The summed E-state index contributed by atoms with van der Waals surface area (Å²) in [5, 5.41) is 9.20. The van der Waals surface area contributed by atoms with Gasteiger partial charge in [0.05, 0.1) is 12.1 Å². The van der Waals surface area contributed by atoms with Gasteiger partial charge in [-0.05, 0) is 75.3 Å². The molecule has 1 aromatic carbocycles. The first-order valence-electron chi connectivity index (χ1n) is 10.8. The molecule has 152 valence electrons. The molecule has 0 unspecified atom stereocenters. The molecule has 0 heterocycles. The lowest BCUT2D eigenvalue weighted by molar-refractivity contribution is -0.963. The quantitative estimate of drug-likeness (QED) is 0.601. The van der Waals surface area contributed by atoms with Crippen molar-refractivity contribution in [3.05, 3.63) is 35.9 Å². The molecule has 1 N–H and O–H groups in total. The third kappa shape index (κ3) is 6.02. The minimum Gasteiger partial charge on any atom is -1.00 e. The molecule has 0 radical (unpaired) electrons. The van der Waals surface area contributed by atoms with Gasteiger partial charge in [0.2, 0.25) is 0 Å². The molecule has 1 aromatic rings. The van der Waals surface area contributed by atoms with Crippen LogP contribution in [0.5, 0.6) is 0 Å². The van der Waals surface area contributed by atoms with Crippen LogP contribution in [0, 0.1) is 23.7 Å². The summed E-state index contributed by atoms with van der Waals surface area (Å²) in [7, 11) is 0. The van der Waals surface area contributed by atoms with Gasteiger partial charge < -0.3 is 17.5 Å². The molecular formula is C25H34ClNO. The molecule has 0 aromatic heterocycles. The van der Waals surface area contributed by atoms with E-state index in [2.05, 4.69) is 47.9 Å². The molecule has 0 aliphatic heterocycles. The van der Waals surface area contributed by atoms with Crippen molar-refractivity contribution in [3.8, 4) is 23.7 Å². The van der Waals surface area contributed by atoms with Crippen molar-refractivity contribution in [2.24, 2.45) is 0 Å². The van der Waals surface area contributed by atoms with Crippen LogP contribution in [-0.4, -0.2) is 41.4 Å². The van der Waals surface area contributed by atoms with Gasteiger partial charge in [-0.15, -0.1) is 0 Å². The van der Waals surface area contributed by atoms with E-state index in [0.29, 0.717) is 12.1 Å². The molecule has 0 saturated heterocycles. The van der Waals surface area contributed by atoms with E-state index in [1.165, 1.54) is 64.2 Å². The van der Waals surface area contributed by atoms with Crippen LogP contribution in [0.25, 0.3) is 0 Å². The van der Waals surface area contributed by atoms with Crippen LogP contribution in [0.3, 0.4) is 0 Å². The van der Waals surface area contributed by atoms with Gasteiger partial charge in [-0.3, -0.25) is 4.48 Å². The average Bonchev–Trinajstić information content (AvgIpc) is 2.75. The van der Waals surface area contributed by atoms with E-state index in [1.807, 2.05) is 6.07 Å².